The topological polar surface area (TPSA) is 24.9 Å². The number of hydrogen-bond donors (Lipinski definition) is 0. The van der Waals surface area contributed by atoms with Crippen molar-refractivity contribution in [3.63, 3.8) is 0 Å². The first-order valence-electron chi connectivity index (χ1n) is 14.2. The van der Waals surface area contributed by atoms with Gasteiger partial charge in [-0.25, -0.2) is 0 Å². The first-order valence-corrected chi connectivity index (χ1v) is 14.2. The molecule has 2 aromatic carbocycles. The Hall–Kier alpha value is -2.04. The van der Waals surface area contributed by atoms with E-state index in [1.807, 2.05) is 0 Å². The quantitative estimate of drug-likeness (QED) is 0.403. The van der Waals surface area contributed by atoms with E-state index in [2.05, 4.69) is 75.9 Å². The smallest absolute Gasteiger partial charge is 0.125 e. The van der Waals surface area contributed by atoms with Crippen LogP contribution in [0.4, 0.5) is 0 Å². The SMILES string of the molecule is Cc1cc(CCc2cc(C)c(OCC3CCCCN3C)c(C)c2)cc(C)c1OCC1CCCCN1C. The molecule has 0 saturated carbocycles. The van der Waals surface area contributed by atoms with Gasteiger partial charge in [-0.1, -0.05) is 37.1 Å². The lowest BCUT2D eigenvalue weighted by molar-refractivity contribution is 0.124. The molecule has 2 atom stereocenters. The highest BCUT2D eigenvalue weighted by molar-refractivity contribution is 5.45. The van der Waals surface area contributed by atoms with Gasteiger partial charge in [0.1, 0.15) is 24.7 Å². The maximum absolute atomic E-state index is 6.35. The largest absolute Gasteiger partial charge is 0.491 e. The second-order valence-electron chi connectivity index (χ2n) is 11.5. The molecule has 0 aliphatic carbocycles. The summed E-state index contributed by atoms with van der Waals surface area (Å²) in [4.78, 5) is 4.91. The predicted octanol–water partition coefficient (Wildman–Crippen LogP) is 6.43. The molecule has 4 heteroatoms. The fourth-order valence-electron chi connectivity index (χ4n) is 6.18. The third kappa shape index (κ3) is 6.83. The fraction of sp³-hybridized carbons (Fsp3) is 0.625. The molecule has 2 aromatic rings. The Kier molecular flexibility index (Phi) is 9.35. The lowest BCUT2D eigenvalue weighted by Gasteiger charge is -2.32. The summed E-state index contributed by atoms with van der Waals surface area (Å²) in [6, 6.07) is 10.4. The third-order valence-corrected chi connectivity index (χ3v) is 8.43. The highest BCUT2D eigenvalue weighted by Crippen LogP contribution is 2.29. The van der Waals surface area contributed by atoms with Gasteiger partial charge >= 0.3 is 0 Å². The van der Waals surface area contributed by atoms with E-state index in [0.717, 1.165) is 37.6 Å². The first kappa shape index (κ1) is 27.0. The molecule has 198 valence electrons. The summed E-state index contributed by atoms with van der Waals surface area (Å²) in [6.07, 6.45) is 9.83. The molecule has 0 radical (unpaired) electrons. The monoisotopic (exact) mass is 492 g/mol. The third-order valence-electron chi connectivity index (χ3n) is 8.43. The van der Waals surface area contributed by atoms with Crippen LogP contribution in [0.1, 0.15) is 71.9 Å². The van der Waals surface area contributed by atoms with Crippen LogP contribution in [0, 0.1) is 27.7 Å². The Morgan fingerprint density at radius 2 is 0.972 bits per heavy atom. The van der Waals surface area contributed by atoms with Gasteiger partial charge < -0.3 is 19.3 Å². The Bertz CT molecular complexity index is 890. The number of piperidine rings is 2. The van der Waals surface area contributed by atoms with Crippen molar-refractivity contribution in [2.24, 2.45) is 0 Å². The van der Waals surface area contributed by atoms with Crippen molar-refractivity contribution in [1.82, 2.24) is 9.80 Å². The van der Waals surface area contributed by atoms with Crippen LogP contribution in [-0.4, -0.2) is 62.3 Å². The highest BCUT2D eigenvalue weighted by atomic mass is 16.5. The van der Waals surface area contributed by atoms with Crippen molar-refractivity contribution in [2.45, 2.75) is 91.1 Å². The number of ether oxygens (including phenoxy) is 2. The Morgan fingerprint density at radius 1 is 0.611 bits per heavy atom. The Morgan fingerprint density at radius 3 is 1.31 bits per heavy atom. The molecule has 36 heavy (non-hydrogen) atoms. The molecule has 2 aliphatic heterocycles. The predicted molar refractivity (Wildman–Crippen MR) is 151 cm³/mol. The number of hydrogen-bond acceptors (Lipinski definition) is 4. The van der Waals surface area contributed by atoms with Gasteiger partial charge in [-0.3, -0.25) is 0 Å². The van der Waals surface area contributed by atoms with Crippen LogP contribution in [0.3, 0.4) is 0 Å². The van der Waals surface area contributed by atoms with Crippen molar-refractivity contribution < 1.29 is 9.47 Å². The molecule has 0 amide bonds. The summed E-state index contributed by atoms with van der Waals surface area (Å²) < 4.78 is 12.7. The van der Waals surface area contributed by atoms with Crippen LogP contribution < -0.4 is 9.47 Å². The van der Waals surface area contributed by atoms with Gasteiger partial charge in [0.05, 0.1) is 0 Å². The molecule has 2 aliphatic rings. The van der Waals surface area contributed by atoms with Crippen LogP contribution in [0.15, 0.2) is 24.3 Å². The van der Waals surface area contributed by atoms with Crippen LogP contribution in [-0.2, 0) is 12.8 Å². The maximum Gasteiger partial charge on any atom is 0.125 e. The highest BCUT2D eigenvalue weighted by Gasteiger charge is 2.21. The van der Waals surface area contributed by atoms with E-state index in [-0.39, 0.29) is 0 Å². The van der Waals surface area contributed by atoms with Crippen molar-refractivity contribution >= 4 is 0 Å². The number of nitrogens with zero attached hydrogens (tertiary/aromatic N) is 2. The zero-order chi connectivity index (χ0) is 25.7. The van der Waals surface area contributed by atoms with E-state index in [1.165, 1.54) is 85.0 Å². The van der Waals surface area contributed by atoms with E-state index in [0.29, 0.717) is 12.1 Å². The van der Waals surface area contributed by atoms with Crippen LogP contribution >= 0.6 is 0 Å². The summed E-state index contributed by atoms with van der Waals surface area (Å²) in [5.41, 5.74) is 7.81. The fourth-order valence-corrected chi connectivity index (χ4v) is 6.18. The van der Waals surface area contributed by atoms with Gasteiger partial charge in [0.25, 0.3) is 0 Å². The maximum atomic E-state index is 6.35. The Labute approximate surface area is 220 Å². The number of benzene rings is 2. The normalized spacial score (nSPS) is 21.5. The molecule has 0 aromatic heterocycles. The zero-order valence-electron chi connectivity index (χ0n) is 23.7. The number of aryl methyl sites for hydroxylation is 6. The molecule has 0 spiro atoms. The lowest BCUT2D eigenvalue weighted by atomic mass is 9.97. The van der Waals surface area contributed by atoms with Crippen LogP contribution in [0.5, 0.6) is 11.5 Å². The van der Waals surface area contributed by atoms with Gasteiger partial charge in [0, 0.05) is 12.1 Å². The molecule has 0 N–H and O–H groups in total. The van der Waals surface area contributed by atoms with Gasteiger partial charge in [-0.15, -0.1) is 0 Å². The minimum absolute atomic E-state index is 0.541. The minimum Gasteiger partial charge on any atom is -0.491 e. The number of likely N-dealkylation sites (tertiary alicyclic amines) is 2. The number of likely N-dealkylation sites (N-methyl/N-ethyl adjacent to an activating group) is 2. The molecule has 2 unspecified atom stereocenters. The second kappa shape index (κ2) is 12.5. The van der Waals surface area contributed by atoms with E-state index in [1.54, 1.807) is 0 Å². The standard InChI is InChI=1S/C32H48N2O2/c1-23-17-27(18-24(2)31(23)35-21-29-11-7-9-15-33(29)5)13-14-28-19-25(3)32(26(4)20-28)36-22-30-12-8-10-16-34(30)6/h17-20,29-30H,7-16,21-22H2,1-6H3. The minimum atomic E-state index is 0.541. The molecule has 2 heterocycles. The average Bonchev–Trinajstić information content (AvgIpc) is 2.84. The summed E-state index contributed by atoms with van der Waals surface area (Å²) in [6.45, 7) is 12.7. The molecule has 4 rings (SSSR count). The van der Waals surface area contributed by atoms with E-state index in [9.17, 15) is 0 Å². The van der Waals surface area contributed by atoms with E-state index >= 15 is 0 Å². The molecular weight excluding hydrogens is 444 g/mol. The Balaban J connectivity index is 1.34. The first-order chi connectivity index (χ1) is 17.3. The van der Waals surface area contributed by atoms with Gasteiger partial charge in [0.15, 0.2) is 0 Å². The molecule has 2 fully saturated rings. The molecular formula is C32H48N2O2. The lowest BCUT2D eigenvalue weighted by Crippen LogP contribution is -2.40. The van der Waals surface area contributed by atoms with Gasteiger partial charge in [-0.05, 0) is 127 Å². The van der Waals surface area contributed by atoms with Gasteiger partial charge in [-0.2, -0.15) is 0 Å². The van der Waals surface area contributed by atoms with Crippen molar-refractivity contribution in [1.29, 1.82) is 0 Å². The molecule has 2 saturated heterocycles. The van der Waals surface area contributed by atoms with Crippen LogP contribution in [0.25, 0.3) is 0 Å². The number of rotatable bonds is 9. The van der Waals surface area contributed by atoms with E-state index in [4.69, 9.17) is 9.47 Å². The summed E-state index contributed by atoms with van der Waals surface area (Å²) in [7, 11) is 4.46. The van der Waals surface area contributed by atoms with Gasteiger partial charge in [0.2, 0.25) is 0 Å². The van der Waals surface area contributed by atoms with E-state index < -0.39 is 0 Å². The molecule has 4 nitrogen and oxygen atoms in total. The molecule has 0 bridgehead atoms. The van der Waals surface area contributed by atoms with Crippen molar-refractivity contribution in [3.8, 4) is 11.5 Å². The summed E-state index contributed by atoms with van der Waals surface area (Å²) in [5, 5.41) is 0. The van der Waals surface area contributed by atoms with Crippen LogP contribution in [0.2, 0.25) is 0 Å². The summed E-state index contributed by atoms with van der Waals surface area (Å²) >= 11 is 0. The van der Waals surface area contributed by atoms with Crippen molar-refractivity contribution in [2.75, 3.05) is 40.4 Å². The zero-order valence-corrected chi connectivity index (χ0v) is 23.7. The average molecular weight is 493 g/mol. The van der Waals surface area contributed by atoms with Crippen molar-refractivity contribution in [3.05, 3.63) is 57.6 Å². The summed E-state index contributed by atoms with van der Waals surface area (Å²) in [5.74, 6) is 2.16. The second-order valence-corrected chi connectivity index (χ2v) is 11.5.